The molecule has 2 rings (SSSR count). The number of aliphatic hydroxyl groups is 1. The lowest BCUT2D eigenvalue weighted by atomic mass is 9.97. The first-order valence-corrected chi connectivity index (χ1v) is 28.8. The highest BCUT2D eigenvalue weighted by Crippen LogP contribution is 2.21. The summed E-state index contributed by atoms with van der Waals surface area (Å²) < 4.78 is 5.85. The van der Waals surface area contributed by atoms with Crippen LogP contribution in [0.25, 0.3) is 0 Å². The predicted octanol–water partition coefficient (Wildman–Crippen LogP) is 3.67. The number of amides is 11. The van der Waals surface area contributed by atoms with Gasteiger partial charge in [0, 0.05) is 101 Å². The SMILES string of the molecule is CC[C@H](C)CC(=O)N[C@@H](C(=O)N(C)CCC(=O)N(C)[C@@H](Cc1ccccc1)C(=O)N(C)[C@H](CC(=O)N[C@H](CC(=O)N(C)C(=O)N(C)[C@@H](CC(C)C)C(=O)N[C@@H](COC(C)(C)C)C(=O)N(C)C)[C@@H](C)O)CC(C)C)C(=O)N1CCCCC1. The zero-order chi connectivity index (χ0) is 61.6. The van der Waals surface area contributed by atoms with Crippen molar-refractivity contribution in [2.75, 3.05) is 75.6 Å². The quantitative estimate of drug-likeness (QED) is 0.0806. The fourth-order valence-corrected chi connectivity index (χ4v) is 9.31. The largest absolute Gasteiger partial charge is 0.391 e. The smallest absolute Gasteiger partial charge is 0.326 e. The van der Waals surface area contributed by atoms with E-state index < -0.39 is 114 Å². The number of hydrogen-bond acceptors (Lipinski definition) is 12. The van der Waals surface area contributed by atoms with Crippen LogP contribution in [0, 0.1) is 17.8 Å². The van der Waals surface area contributed by atoms with Gasteiger partial charge in [0.2, 0.25) is 41.4 Å². The van der Waals surface area contributed by atoms with Gasteiger partial charge >= 0.3 is 6.03 Å². The summed E-state index contributed by atoms with van der Waals surface area (Å²) in [6.07, 6.45) is 1.78. The average molecular weight is 1140 g/mol. The van der Waals surface area contributed by atoms with E-state index in [-0.39, 0.29) is 63.0 Å². The van der Waals surface area contributed by atoms with Crippen LogP contribution < -0.4 is 16.0 Å². The molecule has 1 aliphatic rings. The second kappa shape index (κ2) is 33.7. The van der Waals surface area contributed by atoms with Crippen molar-refractivity contribution >= 4 is 59.2 Å². The molecule has 4 N–H and O–H groups in total. The number of benzene rings is 1. The van der Waals surface area contributed by atoms with Crippen LogP contribution in [-0.4, -0.2) is 222 Å². The molecule has 8 atom stereocenters. The second-order valence-corrected chi connectivity index (χ2v) is 24.1. The second-order valence-electron chi connectivity index (χ2n) is 24.1. The number of ether oxygens (including phenoxy) is 1. The molecule has 0 spiro atoms. The van der Waals surface area contributed by atoms with Crippen molar-refractivity contribution in [3.05, 3.63) is 35.9 Å². The molecule has 0 aromatic heterocycles. The highest BCUT2D eigenvalue weighted by Gasteiger charge is 2.39. The number of carbonyl (C=O) groups excluding carboxylic acids is 10. The molecule has 22 nitrogen and oxygen atoms in total. The van der Waals surface area contributed by atoms with Crippen molar-refractivity contribution in [1.29, 1.82) is 0 Å². The maximum absolute atomic E-state index is 14.8. The van der Waals surface area contributed by atoms with Gasteiger partial charge in [-0.05, 0) is 83.1 Å². The van der Waals surface area contributed by atoms with Crippen LogP contribution >= 0.6 is 0 Å². The summed E-state index contributed by atoms with van der Waals surface area (Å²) in [6.45, 7) is 19.0. The van der Waals surface area contributed by atoms with E-state index >= 15 is 0 Å². The van der Waals surface area contributed by atoms with E-state index in [4.69, 9.17) is 4.74 Å². The van der Waals surface area contributed by atoms with Gasteiger partial charge in [-0.15, -0.1) is 0 Å². The summed E-state index contributed by atoms with van der Waals surface area (Å²) in [6, 6.07) is 1.67. The molecule has 1 fully saturated rings. The van der Waals surface area contributed by atoms with Gasteiger partial charge in [0.05, 0.1) is 30.8 Å². The Labute approximate surface area is 482 Å². The third kappa shape index (κ3) is 23.7. The average Bonchev–Trinajstić information content (AvgIpc) is 3.46. The summed E-state index contributed by atoms with van der Waals surface area (Å²) in [5.41, 5.74) is 0.140. The lowest BCUT2D eigenvalue weighted by Gasteiger charge is -2.36. The van der Waals surface area contributed by atoms with Gasteiger partial charge in [-0.3, -0.25) is 48.1 Å². The highest BCUT2D eigenvalue weighted by molar-refractivity contribution is 6.07. The van der Waals surface area contributed by atoms with Crippen molar-refractivity contribution in [2.24, 2.45) is 17.8 Å². The van der Waals surface area contributed by atoms with Crippen LogP contribution in [-0.2, 0) is 54.3 Å². The third-order valence-electron chi connectivity index (χ3n) is 14.7. The number of piperidine rings is 1. The molecule has 458 valence electrons. The van der Waals surface area contributed by atoms with Crippen molar-refractivity contribution in [3.8, 4) is 0 Å². The van der Waals surface area contributed by atoms with E-state index in [0.717, 1.165) is 41.0 Å². The molecule has 1 saturated heterocycles. The number of nitrogens with zero attached hydrogens (tertiary/aromatic N) is 7. The standard InChI is InChI=1S/C59H100N10O12/c1-18-40(6)33-48(71)62-52(57(79)69-28-23-20-24-29-69)56(78)64(13)30-27-50(73)66(15)47(34-42-25-21-19-22-26-42)55(77)65(14)43(31-38(2)3)35-49(72)60-44(41(7)70)36-51(74)68(17)58(80)67(16)46(32-39(4)5)53(75)61-45(54(76)63(11)12)37-81-59(8,9)10/h19,21-22,25-26,38-41,43-47,52,70H,18,20,23-24,27-37H2,1-17H3,(H,60,72)(H,61,75)(H,62,71)/t40-,41+,43-,44+,45-,46-,47-,52-/m0/s1. The third-order valence-corrected chi connectivity index (χ3v) is 14.7. The van der Waals surface area contributed by atoms with Gasteiger partial charge in [-0.2, -0.15) is 0 Å². The van der Waals surface area contributed by atoms with Crippen LogP contribution in [0.1, 0.15) is 139 Å². The van der Waals surface area contributed by atoms with Gasteiger partial charge < -0.3 is 55.2 Å². The number of urea groups is 1. The highest BCUT2D eigenvalue weighted by atomic mass is 16.5. The van der Waals surface area contributed by atoms with Gasteiger partial charge in [0.1, 0.15) is 18.1 Å². The summed E-state index contributed by atoms with van der Waals surface area (Å²) in [4.78, 5) is 148. The van der Waals surface area contributed by atoms with E-state index in [1.54, 1.807) is 26.0 Å². The van der Waals surface area contributed by atoms with Crippen molar-refractivity contribution in [2.45, 2.75) is 188 Å². The molecular weight excluding hydrogens is 1040 g/mol. The zero-order valence-corrected chi connectivity index (χ0v) is 51.8. The minimum Gasteiger partial charge on any atom is -0.391 e. The van der Waals surface area contributed by atoms with E-state index in [1.807, 2.05) is 92.6 Å². The number of imide groups is 1. The molecule has 0 saturated carbocycles. The Balaban J connectivity index is 2.33. The molecule has 0 radical (unpaired) electrons. The molecule has 0 unspecified atom stereocenters. The van der Waals surface area contributed by atoms with Gasteiger partial charge in [-0.1, -0.05) is 78.3 Å². The van der Waals surface area contributed by atoms with E-state index in [2.05, 4.69) is 16.0 Å². The van der Waals surface area contributed by atoms with Crippen LogP contribution in [0.4, 0.5) is 4.79 Å². The Morgan fingerprint density at radius 1 is 0.667 bits per heavy atom. The van der Waals surface area contributed by atoms with E-state index in [0.29, 0.717) is 19.5 Å². The first-order valence-electron chi connectivity index (χ1n) is 28.8. The molecule has 1 aromatic carbocycles. The molecule has 1 heterocycles. The van der Waals surface area contributed by atoms with Gasteiger partial charge in [-0.25, -0.2) is 4.79 Å². The lowest BCUT2D eigenvalue weighted by Crippen LogP contribution is -2.58. The summed E-state index contributed by atoms with van der Waals surface area (Å²) >= 11 is 0. The molecule has 81 heavy (non-hydrogen) atoms. The Kier molecular flexibility index (Phi) is 29.5. The maximum Gasteiger partial charge on any atom is 0.326 e. The first kappa shape index (κ1) is 70.9. The fourth-order valence-electron chi connectivity index (χ4n) is 9.31. The number of hydrogen-bond donors (Lipinski definition) is 4. The molecule has 1 aromatic rings. The van der Waals surface area contributed by atoms with Crippen molar-refractivity contribution < 1.29 is 57.8 Å². The number of aliphatic hydroxyl groups excluding tert-OH is 1. The van der Waals surface area contributed by atoms with Crippen LogP contribution in [0.3, 0.4) is 0 Å². The normalized spacial score (nSPS) is 15.6. The van der Waals surface area contributed by atoms with E-state index in [9.17, 15) is 53.1 Å². The molecule has 0 bridgehead atoms. The molecule has 0 aliphatic carbocycles. The molecule has 11 amide bonds. The minimum absolute atomic E-state index is 0.0212. The molecule has 1 aliphatic heterocycles. The van der Waals surface area contributed by atoms with Crippen LogP contribution in [0.2, 0.25) is 0 Å². The molecule has 22 heteroatoms. The number of likely N-dealkylation sites (N-methyl/N-ethyl adjacent to an activating group) is 5. The van der Waals surface area contributed by atoms with Crippen molar-refractivity contribution in [1.82, 2.24) is 50.2 Å². The Morgan fingerprint density at radius 3 is 1.78 bits per heavy atom. The maximum atomic E-state index is 14.8. The molecular formula is C59H100N10O12. The number of rotatable bonds is 30. The first-order chi connectivity index (χ1) is 37.7. The zero-order valence-electron chi connectivity index (χ0n) is 51.8. The predicted molar refractivity (Wildman–Crippen MR) is 310 cm³/mol. The summed E-state index contributed by atoms with van der Waals surface area (Å²) in [5.74, 6) is -4.98. The Bertz CT molecular complexity index is 2250. The van der Waals surface area contributed by atoms with E-state index in [1.165, 1.54) is 54.7 Å². The summed E-state index contributed by atoms with van der Waals surface area (Å²) in [7, 11) is 10.2. The van der Waals surface area contributed by atoms with Crippen LogP contribution in [0.5, 0.6) is 0 Å². The monoisotopic (exact) mass is 1140 g/mol. The van der Waals surface area contributed by atoms with Gasteiger partial charge in [0.15, 0.2) is 6.04 Å². The lowest BCUT2D eigenvalue weighted by molar-refractivity contribution is -0.148. The Hall–Kier alpha value is -6.16. The van der Waals surface area contributed by atoms with Gasteiger partial charge in [0.25, 0.3) is 11.8 Å². The number of nitrogens with one attached hydrogen (secondary N) is 3. The Morgan fingerprint density at radius 2 is 1.25 bits per heavy atom. The van der Waals surface area contributed by atoms with Crippen LogP contribution in [0.15, 0.2) is 30.3 Å². The summed E-state index contributed by atoms with van der Waals surface area (Å²) in [5, 5.41) is 19.1. The minimum atomic E-state index is -1.46. The van der Waals surface area contributed by atoms with Crippen molar-refractivity contribution in [3.63, 3.8) is 0 Å². The number of likely N-dealkylation sites (tertiary alicyclic amines) is 1. The topological polar surface area (TPSA) is 259 Å². The fraction of sp³-hybridized carbons (Fsp3) is 0.729. The number of carbonyl (C=O) groups is 10.